The predicted octanol–water partition coefficient (Wildman–Crippen LogP) is 2.17. The highest BCUT2D eigenvalue weighted by molar-refractivity contribution is 5.41. The molecule has 9 heteroatoms. The van der Waals surface area contributed by atoms with Crippen molar-refractivity contribution >= 4 is 11.8 Å². The van der Waals surface area contributed by atoms with Crippen molar-refractivity contribution in [2.75, 3.05) is 36.0 Å². The molecule has 24 heavy (non-hydrogen) atoms. The number of hydrogen-bond acceptors (Lipinski definition) is 6. The lowest BCUT2D eigenvalue weighted by molar-refractivity contribution is -0.141. The van der Waals surface area contributed by atoms with Gasteiger partial charge in [0, 0.05) is 38.6 Å². The molecule has 0 bridgehead atoms. The van der Waals surface area contributed by atoms with Gasteiger partial charge in [-0.2, -0.15) is 13.2 Å². The lowest BCUT2D eigenvalue weighted by atomic mass is 10.3. The molecule has 0 aromatic carbocycles. The first kappa shape index (κ1) is 16.4. The van der Waals surface area contributed by atoms with E-state index in [1.807, 2.05) is 29.1 Å². The van der Waals surface area contributed by atoms with E-state index < -0.39 is 11.9 Å². The highest BCUT2D eigenvalue weighted by Gasteiger charge is 2.33. The zero-order valence-electron chi connectivity index (χ0n) is 13.2. The van der Waals surface area contributed by atoms with Crippen molar-refractivity contribution in [3.05, 3.63) is 35.8 Å². The molecule has 0 amide bonds. The van der Waals surface area contributed by atoms with Gasteiger partial charge in [-0.05, 0) is 24.1 Å². The number of nitrogens with zero attached hydrogens (tertiary/aromatic N) is 6. The Morgan fingerprint density at radius 3 is 2.08 bits per heavy atom. The zero-order valence-corrected chi connectivity index (χ0v) is 13.2. The van der Waals surface area contributed by atoms with Crippen molar-refractivity contribution in [2.45, 2.75) is 19.5 Å². The molecule has 2 aromatic rings. The molecule has 0 radical (unpaired) electrons. The van der Waals surface area contributed by atoms with E-state index in [2.05, 4.69) is 20.2 Å². The summed E-state index contributed by atoms with van der Waals surface area (Å²) < 4.78 is 37.6. The van der Waals surface area contributed by atoms with Crippen LogP contribution in [-0.2, 0) is 12.6 Å². The number of halogens is 3. The van der Waals surface area contributed by atoms with E-state index in [1.54, 1.807) is 0 Å². The second-order valence-electron chi connectivity index (χ2n) is 5.49. The molecule has 1 aliphatic rings. The van der Waals surface area contributed by atoms with Gasteiger partial charge in [-0.3, -0.25) is 0 Å². The molecule has 0 spiro atoms. The van der Waals surface area contributed by atoms with Crippen molar-refractivity contribution in [1.82, 2.24) is 20.2 Å². The minimum absolute atomic E-state index is 0.449. The molecule has 3 heterocycles. The molecule has 1 saturated heterocycles. The van der Waals surface area contributed by atoms with Gasteiger partial charge in [0.15, 0.2) is 11.5 Å². The highest BCUT2D eigenvalue weighted by atomic mass is 19.4. The van der Waals surface area contributed by atoms with Gasteiger partial charge in [0.1, 0.15) is 0 Å². The minimum atomic E-state index is -4.47. The fourth-order valence-electron chi connectivity index (χ4n) is 2.47. The molecular weight excluding hydrogens is 321 g/mol. The van der Waals surface area contributed by atoms with Crippen molar-refractivity contribution < 1.29 is 13.2 Å². The van der Waals surface area contributed by atoms with Crippen molar-refractivity contribution in [3.8, 4) is 0 Å². The van der Waals surface area contributed by atoms with E-state index >= 15 is 0 Å². The standard InChI is InChI=1S/C15H17F3N6/c1-2-11-9-19-14(20-10-11)24-7-5-23(6-8-24)13-4-3-12(21-22-13)15(16,17)18/h3-4,9-10H,2,5-8H2,1H3. The molecule has 0 saturated carbocycles. The van der Waals surface area contributed by atoms with Crippen LogP contribution >= 0.6 is 0 Å². The molecule has 2 aromatic heterocycles. The molecule has 1 fully saturated rings. The molecule has 3 rings (SSSR count). The third-order valence-electron chi connectivity index (χ3n) is 3.93. The second kappa shape index (κ2) is 6.58. The van der Waals surface area contributed by atoms with Gasteiger partial charge in [0.05, 0.1) is 0 Å². The summed E-state index contributed by atoms with van der Waals surface area (Å²) in [6, 6.07) is 2.32. The second-order valence-corrected chi connectivity index (χ2v) is 5.49. The van der Waals surface area contributed by atoms with Gasteiger partial charge in [-0.15, -0.1) is 10.2 Å². The minimum Gasteiger partial charge on any atom is -0.352 e. The summed E-state index contributed by atoms with van der Waals surface area (Å²) in [5.74, 6) is 1.12. The smallest absolute Gasteiger partial charge is 0.352 e. The van der Waals surface area contributed by atoms with Crippen molar-refractivity contribution in [1.29, 1.82) is 0 Å². The maximum absolute atomic E-state index is 12.5. The van der Waals surface area contributed by atoms with Crippen LogP contribution in [0.15, 0.2) is 24.5 Å². The van der Waals surface area contributed by atoms with E-state index in [0.29, 0.717) is 37.9 Å². The number of anilines is 2. The van der Waals surface area contributed by atoms with Crippen molar-refractivity contribution in [3.63, 3.8) is 0 Å². The van der Waals surface area contributed by atoms with E-state index in [-0.39, 0.29) is 0 Å². The molecule has 6 nitrogen and oxygen atoms in total. The summed E-state index contributed by atoms with van der Waals surface area (Å²) in [5, 5.41) is 6.96. The average molecular weight is 338 g/mol. The van der Waals surface area contributed by atoms with E-state index in [9.17, 15) is 13.2 Å². The van der Waals surface area contributed by atoms with Crippen LogP contribution < -0.4 is 9.80 Å². The third kappa shape index (κ3) is 3.55. The number of hydrogen-bond donors (Lipinski definition) is 0. The lowest BCUT2D eigenvalue weighted by Crippen LogP contribution is -2.47. The third-order valence-corrected chi connectivity index (χ3v) is 3.93. The number of alkyl halides is 3. The van der Waals surface area contributed by atoms with E-state index in [1.165, 1.54) is 6.07 Å². The van der Waals surface area contributed by atoms with E-state index in [4.69, 9.17) is 0 Å². The first-order valence-corrected chi connectivity index (χ1v) is 7.69. The molecular formula is C15H17F3N6. The molecule has 128 valence electrons. The number of rotatable bonds is 3. The SMILES string of the molecule is CCc1cnc(N2CCN(c3ccc(C(F)(F)F)nn3)CC2)nc1. The van der Waals surface area contributed by atoms with Gasteiger partial charge >= 0.3 is 6.18 Å². The number of aryl methyl sites for hydroxylation is 1. The Kier molecular flexibility index (Phi) is 4.50. The first-order valence-electron chi connectivity index (χ1n) is 7.69. The molecule has 0 unspecified atom stereocenters. The van der Waals surface area contributed by atoms with Crippen LogP contribution in [0.2, 0.25) is 0 Å². The Bertz CT molecular complexity index is 663. The summed E-state index contributed by atoms with van der Waals surface area (Å²) in [4.78, 5) is 12.7. The normalized spacial score (nSPS) is 15.7. The summed E-state index contributed by atoms with van der Waals surface area (Å²) in [7, 11) is 0. The van der Waals surface area contributed by atoms with Crippen LogP contribution in [0.25, 0.3) is 0 Å². The van der Waals surface area contributed by atoms with E-state index in [0.717, 1.165) is 18.1 Å². The topological polar surface area (TPSA) is 58.0 Å². The summed E-state index contributed by atoms with van der Waals surface area (Å²) in [5.41, 5.74) is 0.103. The quantitative estimate of drug-likeness (QED) is 0.855. The Morgan fingerprint density at radius 1 is 0.958 bits per heavy atom. The molecule has 0 aliphatic carbocycles. The monoisotopic (exact) mass is 338 g/mol. The lowest BCUT2D eigenvalue weighted by Gasteiger charge is -2.35. The Morgan fingerprint density at radius 2 is 1.58 bits per heavy atom. The summed E-state index contributed by atoms with van der Waals surface area (Å²) in [6.45, 7) is 4.64. The van der Waals surface area contributed by atoms with Gasteiger partial charge in [0.2, 0.25) is 5.95 Å². The molecule has 0 N–H and O–H groups in total. The first-order chi connectivity index (χ1) is 11.5. The van der Waals surface area contributed by atoms with Crippen LogP contribution in [0.3, 0.4) is 0 Å². The van der Waals surface area contributed by atoms with Gasteiger partial charge < -0.3 is 9.80 Å². The van der Waals surface area contributed by atoms with Crippen LogP contribution in [0, 0.1) is 0 Å². The molecule has 1 aliphatic heterocycles. The predicted molar refractivity (Wildman–Crippen MR) is 82.9 cm³/mol. The zero-order chi connectivity index (χ0) is 17.2. The highest BCUT2D eigenvalue weighted by Crippen LogP contribution is 2.27. The Labute approximate surface area is 137 Å². The summed E-state index contributed by atoms with van der Waals surface area (Å²) >= 11 is 0. The van der Waals surface area contributed by atoms with Crippen LogP contribution in [0.1, 0.15) is 18.2 Å². The maximum atomic E-state index is 12.5. The Hall–Kier alpha value is -2.45. The largest absolute Gasteiger partial charge is 0.435 e. The fraction of sp³-hybridized carbons (Fsp3) is 0.467. The molecule has 0 atom stereocenters. The van der Waals surface area contributed by atoms with Gasteiger partial charge in [0.25, 0.3) is 0 Å². The number of piperazine rings is 1. The Balaban J connectivity index is 1.62. The number of aromatic nitrogens is 4. The summed E-state index contributed by atoms with van der Waals surface area (Å²) in [6.07, 6.45) is 0.0545. The maximum Gasteiger partial charge on any atom is 0.435 e. The van der Waals surface area contributed by atoms with Crippen molar-refractivity contribution in [2.24, 2.45) is 0 Å². The fourth-order valence-corrected chi connectivity index (χ4v) is 2.47. The average Bonchev–Trinajstić information content (AvgIpc) is 2.61. The van der Waals surface area contributed by atoms with Crippen LogP contribution in [0.5, 0.6) is 0 Å². The van der Waals surface area contributed by atoms with Gasteiger partial charge in [-0.25, -0.2) is 9.97 Å². The van der Waals surface area contributed by atoms with Crippen LogP contribution in [0.4, 0.5) is 24.9 Å². The van der Waals surface area contributed by atoms with Gasteiger partial charge in [-0.1, -0.05) is 6.92 Å². The van der Waals surface area contributed by atoms with Crippen LogP contribution in [-0.4, -0.2) is 46.3 Å².